The molecular formula is C16H30N4O. The molecule has 5 heteroatoms. The van der Waals surface area contributed by atoms with Gasteiger partial charge in [-0.1, -0.05) is 0 Å². The van der Waals surface area contributed by atoms with Gasteiger partial charge in [-0.2, -0.15) is 0 Å². The van der Waals surface area contributed by atoms with Crippen molar-refractivity contribution in [2.45, 2.75) is 50.2 Å². The summed E-state index contributed by atoms with van der Waals surface area (Å²) in [5, 5.41) is 3.86. The van der Waals surface area contributed by atoms with Crippen LogP contribution >= 0.6 is 0 Å². The first-order chi connectivity index (χ1) is 10.1. The summed E-state index contributed by atoms with van der Waals surface area (Å²) >= 11 is 0. The summed E-state index contributed by atoms with van der Waals surface area (Å²) in [4.78, 5) is 18.4. The molecule has 0 aromatic carbocycles. The number of amides is 1. The second-order valence-corrected chi connectivity index (χ2v) is 7.22. The van der Waals surface area contributed by atoms with E-state index in [-0.39, 0.29) is 5.91 Å². The zero-order valence-electron chi connectivity index (χ0n) is 13.6. The molecule has 1 atom stereocenters. The summed E-state index contributed by atoms with van der Waals surface area (Å²) in [5.74, 6) is 0.220. The van der Waals surface area contributed by atoms with Crippen molar-refractivity contribution in [3.63, 3.8) is 0 Å². The number of hydrogen-bond donors (Lipinski definition) is 1. The molecule has 2 saturated heterocycles. The molecule has 2 aliphatic heterocycles. The van der Waals surface area contributed by atoms with E-state index in [0.29, 0.717) is 18.6 Å². The Balaban J connectivity index is 1.35. The lowest BCUT2D eigenvalue weighted by Crippen LogP contribution is -2.48. The van der Waals surface area contributed by atoms with Crippen LogP contribution in [0.3, 0.4) is 0 Å². The quantitative estimate of drug-likeness (QED) is 0.795. The average molecular weight is 294 g/mol. The minimum atomic E-state index is 0.220. The summed E-state index contributed by atoms with van der Waals surface area (Å²) in [6, 6.07) is 2.26. The molecule has 0 aromatic rings. The Bertz CT molecular complexity index is 361. The molecule has 1 N–H and O–H groups in total. The third kappa shape index (κ3) is 4.18. The van der Waals surface area contributed by atoms with E-state index in [0.717, 1.165) is 19.1 Å². The summed E-state index contributed by atoms with van der Waals surface area (Å²) < 4.78 is 0. The molecule has 1 saturated carbocycles. The Morgan fingerprint density at radius 1 is 1.05 bits per heavy atom. The minimum absolute atomic E-state index is 0.220. The van der Waals surface area contributed by atoms with Crippen molar-refractivity contribution in [1.29, 1.82) is 0 Å². The summed E-state index contributed by atoms with van der Waals surface area (Å²) in [6.45, 7) is 5.23. The average Bonchev–Trinajstić information content (AvgIpc) is 3.21. The lowest BCUT2D eigenvalue weighted by atomic mass is 10.0. The van der Waals surface area contributed by atoms with Gasteiger partial charge in [0.15, 0.2) is 0 Å². The number of rotatable bonds is 5. The number of likely N-dealkylation sites (N-methyl/N-ethyl adjacent to an activating group) is 1. The molecule has 21 heavy (non-hydrogen) atoms. The summed E-state index contributed by atoms with van der Waals surface area (Å²) in [5.41, 5.74) is 0. The van der Waals surface area contributed by atoms with Gasteiger partial charge < -0.3 is 10.2 Å². The lowest BCUT2D eigenvalue weighted by molar-refractivity contribution is -0.130. The zero-order valence-corrected chi connectivity index (χ0v) is 13.6. The van der Waals surface area contributed by atoms with E-state index >= 15 is 0 Å². The Hall–Kier alpha value is -0.650. The normalized spacial score (nSPS) is 29.0. The fourth-order valence-electron chi connectivity index (χ4n) is 3.62. The largest absolute Gasteiger partial charge is 0.348 e. The van der Waals surface area contributed by atoms with Crippen LogP contribution in [0.1, 0.15) is 32.1 Å². The van der Waals surface area contributed by atoms with Gasteiger partial charge >= 0.3 is 0 Å². The Labute approximate surface area is 128 Å². The van der Waals surface area contributed by atoms with Gasteiger partial charge in [-0.3, -0.25) is 14.6 Å². The highest BCUT2D eigenvalue weighted by Gasteiger charge is 2.35. The number of nitrogens with zero attached hydrogens (tertiary/aromatic N) is 3. The van der Waals surface area contributed by atoms with Crippen molar-refractivity contribution >= 4 is 5.91 Å². The molecular weight excluding hydrogens is 264 g/mol. The topological polar surface area (TPSA) is 38.8 Å². The molecule has 0 bridgehead atoms. The molecule has 120 valence electrons. The third-order valence-electron chi connectivity index (χ3n) is 5.20. The van der Waals surface area contributed by atoms with E-state index in [1.165, 1.54) is 45.2 Å². The van der Waals surface area contributed by atoms with Gasteiger partial charge in [-0.25, -0.2) is 0 Å². The second kappa shape index (κ2) is 6.63. The van der Waals surface area contributed by atoms with E-state index in [1.54, 1.807) is 4.90 Å². The molecule has 1 amide bonds. The van der Waals surface area contributed by atoms with Crippen molar-refractivity contribution in [3.05, 3.63) is 0 Å². The van der Waals surface area contributed by atoms with Crippen LogP contribution < -0.4 is 5.32 Å². The van der Waals surface area contributed by atoms with Crippen LogP contribution in [0.2, 0.25) is 0 Å². The van der Waals surface area contributed by atoms with Gasteiger partial charge in [0.05, 0.1) is 6.54 Å². The molecule has 0 radical (unpaired) electrons. The fourth-order valence-corrected chi connectivity index (χ4v) is 3.62. The maximum Gasteiger partial charge on any atom is 0.236 e. The molecule has 2 heterocycles. The molecule has 3 fully saturated rings. The SMILES string of the molecule is CN(C)C(=O)CN1CCC(NC2CCN(C3CC3)C2)CC1. The van der Waals surface area contributed by atoms with E-state index in [2.05, 4.69) is 15.1 Å². The van der Waals surface area contributed by atoms with Crippen LogP contribution in [0.15, 0.2) is 0 Å². The molecule has 5 nitrogen and oxygen atoms in total. The maximum atomic E-state index is 11.7. The van der Waals surface area contributed by atoms with Crippen molar-refractivity contribution in [1.82, 2.24) is 20.0 Å². The van der Waals surface area contributed by atoms with Crippen LogP contribution in [-0.4, -0.2) is 85.6 Å². The van der Waals surface area contributed by atoms with Gasteiger partial charge in [-0.15, -0.1) is 0 Å². The first-order valence-corrected chi connectivity index (χ1v) is 8.54. The third-order valence-corrected chi connectivity index (χ3v) is 5.20. The summed E-state index contributed by atoms with van der Waals surface area (Å²) in [6.07, 6.45) is 6.52. The first kappa shape index (κ1) is 15.3. The van der Waals surface area contributed by atoms with E-state index < -0.39 is 0 Å². The number of nitrogens with one attached hydrogen (secondary N) is 1. The predicted molar refractivity (Wildman–Crippen MR) is 84.3 cm³/mol. The van der Waals surface area contributed by atoms with Crippen LogP contribution in [-0.2, 0) is 4.79 Å². The Kier molecular flexibility index (Phi) is 4.82. The zero-order chi connectivity index (χ0) is 14.8. The summed E-state index contributed by atoms with van der Waals surface area (Å²) in [7, 11) is 3.67. The van der Waals surface area contributed by atoms with E-state index in [1.807, 2.05) is 14.1 Å². The highest BCUT2D eigenvalue weighted by Crippen LogP contribution is 2.30. The molecule has 1 unspecified atom stereocenters. The number of hydrogen-bond acceptors (Lipinski definition) is 4. The monoisotopic (exact) mass is 294 g/mol. The van der Waals surface area contributed by atoms with Gasteiger partial charge in [0, 0.05) is 58.4 Å². The number of likely N-dealkylation sites (tertiary alicyclic amines) is 2. The molecule has 0 aromatic heterocycles. The molecule has 1 aliphatic carbocycles. The van der Waals surface area contributed by atoms with E-state index in [4.69, 9.17) is 0 Å². The van der Waals surface area contributed by atoms with Gasteiger partial charge in [0.1, 0.15) is 0 Å². The first-order valence-electron chi connectivity index (χ1n) is 8.54. The second-order valence-electron chi connectivity index (χ2n) is 7.22. The van der Waals surface area contributed by atoms with Crippen LogP contribution in [0.5, 0.6) is 0 Å². The molecule has 3 aliphatic rings. The number of carbonyl (C=O) groups excluding carboxylic acids is 1. The minimum Gasteiger partial charge on any atom is -0.348 e. The lowest BCUT2D eigenvalue weighted by Gasteiger charge is -2.34. The Morgan fingerprint density at radius 2 is 1.71 bits per heavy atom. The smallest absolute Gasteiger partial charge is 0.236 e. The van der Waals surface area contributed by atoms with Crippen molar-refractivity contribution in [3.8, 4) is 0 Å². The molecule has 3 rings (SSSR count). The van der Waals surface area contributed by atoms with Gasteiger partial charge in [0.2, 0.25) is 5.91 Å². The predicted octanol–water partition coefficient (Wildman–Crippen LogP) is 0.365. The van der Waals surface area contributed by atoms with Crippen LogP contribution in [0.4, 0.5) is 0 Å². The van der Waals surface area contributed by atoms with Gasteiger partial charge in [0.25, 0.3) is 0 Å². The van der Waals surface area contributed by atoms with Crippen molar-refractivity contribution in [2.24, 2.45) is 0 Å². The van der Waals surface area contributed by atoms with E-state index in [9.17, 15) is 4.79 Å². The molecule has 0 spiro atoms. The Morgan fingerprint density at radius 3 is 2.33 bits per heavy atom. The van der Waals surface area contributed by atoms with Crippen LogP contribution in [0, 0.1) is 0 Å². The van der Waals surface area contributed by atoms with Gasteiger partial charge in [-0.05, 0) is 32.1 Å². The standard InChI is InChI=1S/C16H30N4O/c1-18(2)16(21)12-19-8-5-13(6-9-19)17-14-7-10-20(11-14)15-3-4-15/h13-15,17H,3-12H2,1-2H3. The van der Waals surface area contributed by atoms with Crippen molar-refractivity contribution in [2.75, 3.05) is 46.8 Å². The highest BCUT2D eigenvalue weighted by atomic mass is 16.2. The number of carbonyl (C=O) groups is 1. The number of piperidine rings is 1. The fraction of sp³-hybridized carbons (Fsp3) is 0.938. The van der Waals surface area contributed by atoms with Crippen molar-refractivity contribution < 1.29 is 4.79 Å². The maximum absolute atomic E-state index is 11.7. The van der Waals surface area contributed by atoms with Crippen LogP contribution in [0.25, 0.3) is 0 Å². The highest BCUT2D eigenvalue weighted by molar-refractivity contribution is 5.77.